The lowest BCUT2D eigenvalue weighted by molar-refractivity contribution is 0.231. The van der Waals surface area contributed by atoms with Crippen LogP contribution in [0.4, 0.5) is 0 Å². The summed E-state index contributed by atoms with van der Waals surface area (Å²) < 4.78 is 0. The van der Waals surface area contributed by atoms with Crippen molar-refractivity contribution in [2.24, 2.45) is 0 Å². The molecule has 0 bridgehead atoms. The first-order valence-electron chi connectivity index (χ1n) is 5.60. The molecule has 0 spiro atoms. The van der Waals surface area contributed by atoms with Gasteiger partial charge in [-0.3, -0.25) is 0 Å². The Balaban J connectivity index is 1.76. The molecule has 0 atom stereocenters. The van der Waals surface area contributed by atoms with Crippen molar-refractivity contribution in [3.8, 4) is 0 Å². The molecule has 2 rings (SSSR count). The second-order valence-electron chi connectivity index (χ2n) is 4.02. The first-order chi connectivity index (χ1) is 7.38. The number of hydrogen-bond acceptors (Lipinski definition) is 3. The summed E-state index contributed by atoms with van der Waals surface area (Å²) in [5.74, 6) is 0.542. The highest BCUT2D eigenvalue weighted by Gasteiger charge is 2.10. The second-order valence-corrected chi connectivity index (χ2v) is 5.23. The van der Waals surface area contributed by atoms with Gasteiger partial charge in [0.2, 0.25) is 0 Å². The molecule has 1 saturated heterocycles. The monoisotopic (exact) mass is 244 g/mol. The SMILES string of the molecule is ClCc1csc(CCN2CCCCC2)n1. The molecule has 0 aliphatic carbocycles. The number of hydrogen-bond donors (Lipinski definition) is 0. The van der Waals surface area contributed by atoms with Crippen molar-refractivity contribution in [2.75, 3.05) is 19.6 Å². The van der Waals surface area contributed by atoms with Crippen LogP contribution < -0.4 is 0 Å². The highest BCUT2D eigenvalue weighted by molar-refractivity contribution is 7.09. The summed E-state index contributed by atoms with van der Waals surface area (Å²) in [5, 5.41) is 3.30. The molecule has 0 amide bonds. The van der Waals surface area contributed by atoms with E-state index < -0.39 is 0 Å². The van der Waals surface area contributed by atoms with Crippen LogP contribution in [0.3, 0.4) is 0 Å². The summed E-state index contributed by atoms with van der Waals surface area (Å²) in [5.41, 5.74) is 1.02. The van der Waals surface area contributed by atoms with Crippen molar-refractivity contribution in [1.29, 1.82) is 0 Å². The van der Waals surface area contributed by atoms with Gasteiger partial charge in [0.25, 0.3) is 0 Å². The van der Waals surface area contributed by atoms with Crippen LogP contribution in [-0.4, -0.2) is 29.5 Å². The normalized spacial score (nSPS) is 18.2. The Morgan fingerprint density at radius 3 is 2.80 bits per heavy atom. The van der Waals surface area contributed by atoms with E-state index in [9.17, 15) is 0 Å². The molecule has 1 aromatic rings. The molecule has 1 aliphatic rings. The Morgan fingerprint density at radius 2 is 2.13 bits per heavy atom. The van der Waals surface area contributed by atoms with Gasteiger partial charge in [-0.05, 0) is 25.9 Å². The van der Waals surface area contributed by atoms with Crippen LogP contribution in [0.15, 0.2) is 5.38 Å². The lowest BCUT2D eigenvalue weighted by atomic mass is 10.1. The summed E-state index contributed by atoms with van der Waals surface area (Å²) in [6.45, 7) is 3.71. The maximum absolute atomic E-state index is 5.72. The third-order valence-electron chi connectivity index (χ3n) is 2.83. The number of aromatic nitrogens is 1. The van der Waals surface area contributed by atoms with E-state index in [2.05, 4.69) is 15.3 Å². The van der Waals surface area contributed by atoms with E-state index in [1.807, 2.05) is 0 Å². The molecule has 4 heteroatoms. The minimum absolute atomic E-state index is 0.542. The van der Waals surface area contributed by atoms with Crippen LogP contribution in [0.5, 0.6) is 0 Å². The number of nitrogens with zero attached hydrogens (tertiary/aromatic N) is 2. The van der Waals surface area contributed by atoms with Crippen molar-refractivity contribution in [3.63, 3.8) is 0 Å². The summed E-state index contributed by atoms with van der Waals surface area (Å²) >= 11 is 7.46. The molecule has 0 N–H and O–H groups in total. The van der Waals surface area contributed by atoms with Crippen molar-refractivity contribution in [2.45, 2.75) is 31.6 Å². The van der Waals surface area contributed by atoms with Gasteiger partial charge in [-0.2, -0.15) is 0 Å². The fourth-order valence-corrected chi connectivity index (χ4v) is 2.98. The Hall–Kier alpha value is -0.120. The fourth-order valence-electron chi connectivity index (χ4n) is 1.96. The van der Waals surface area contributed by atoms with E-state index >= 15 is 0 Å². The third kappa shape index (κ3) is 3.44. The maximum atomic E-state index is 5.72. The van der Waals surface area contributed by atoms with E-state index in [0.29, 0.717) is 5.88 Å². The van der Waals surface area contributed by atoms with Crippen LogP contribution in [0, 0.1) is 0 Å². The van der Waals surface area contributed by atoms with Crippen molar-refractivity contribution >= 4 is 22.9 Å². The molecule has 15 heavy (non-hydrogen) atoms. The number of halogens is 1. The maximum Gasteiger partial charge on any atom is 0.0941 e. The number of alkyl halides is 1. The number of likely N-dealkylation sites (tertiary alicyclic amines) is 1. The Morgan fingerprint density at radius 1 is 1.33 bits per heavy atom. The Kier molecular flexibility index (Phi) is 4.42. The third-order valence-corrected chi connectivity index (χ3v) is 4.06. The molecular formula is C11H17ClN2S. The van der Waals surface area contributed by atoms with Crippen LogP contribution >= 0.6 is 22.9 Å². The van der Waals surface area contributed by atoms with Gasteiger partial charge in [0, 0.05) is 18.3 Å². The average molecular weight is 245 g/mol. The van der Waals surface area contributed by atoms with Gasteiger partial charge in [0.15, 0.2) is 0 Å². The Labute approximate surface area is 100 Å². The number of rotatable bonds is 4. The molecule has 1 aliphatic heterocycles. The fraction of sp³-hybridized carbons (Fsp3) is 0.727. The molecule has 2 heterocycles. The molecule has 1 aromatic heterocycles. The van der Waals surface area contributed by atoms with Gasteiger partial charge in [-0.1, -0.05) is 6.42 Å². The molecule has 1 fully saturated rings. The smallest absolute Gasteiger partial charge is 0.0941 e. The molecule has 0 unspecified atom stereocenters. The summed E-state index contributed by atoms with van der Waals surface area (Å²) in [7, 11) is 0. The van der Waals surface area contributed by atoms with Crippen LogP contribution in [0.1, 0.15) is 30.0 Å². The highest BCUT2D eigenvalue weighted by Crippen LogP contribution is 2.14. The van der Waals surface area contributed by atoms with E-state index in [4.69, 9.17) is 11.6 Å². The molecule has 2 nitrogen and oxygen atoms in total. The quantitative estimate of drug-likeness (QED) is 0.758. The van der Waals surface area contributed by atoms with Crippen LogP contribution in [0.2, 0.25) is 0 Å². The van der Waals surface area contributed by atoms with E-state index in [1.54, 1.807) is 11.3 Å². The highest BCUT2D eigenvalue weighted by atomic mass is 35.5. The largest absolute Gasteiger partial charge is 0.303 e. The topological polar surface area (TPSA) is 16.1 Å². The summed E-state index contributed by atoms with van der Waals surface area (Å²) in [6, 6.07) is 0. The molecule has 0 radical (unpaired) electrons. The van der Waals surface area contributed by atoms with Crippen LogP contribution in [-0.2, 0) is 12.3 Å². The zero-order valence-electron chi connectivity index (χ0n) is 8.91. The number of piperidine rings is 1. The first kappa shape index (κ1) is 11.4. The van der Waals surface area contributed by atoms with Crippen molar-refractivity contribution < 1.29 is 0 Å². The van der Waals surface area contributed by atoms with E-state index in [0.717, 1.165) is 18.7 Å². The minimum atomic E-state index is 0.542. The van der Waals surface area contributed by atoms with Crippen molar-refractivity contribution in [1.82, 2.24) is 9.88 Å². The average Bonchev–Trinajstić information content (AvgIpc) is 2.76. The molecular weight excluding hydrogens is 228 g/mol. The van der Waals surface area contributed by atoms with E-state index in [-0.39, 0.29) is 0 Å². The Bertz CT molecular complexity index is 295. The molecule has 0 saturated carbocycles. The van der Waals surface area contributed by atoms with Gasteiger partial charge >= 0.3 is 0 Å². The summed E-state index contributed by atoms with van der Waals surface area (Å²) in [4.78, 5) is 7.02. The van der Waals surface area contributed by atoms with E-state index in [1.165, 1.54) is 37.4 Å². The van der Waals surface area contributed by atoms with Gasteiger partial charge in [-0.25, -0.2) is 4.98 Å². The predicted octanol–water partition coefficient (Wildman–Crippen LogP) is 2.91. The lowest BCUT2D eigenvalue weighted by Crippen LogP contribution is -2.31. The van der Waals surface area contributed by atoms with Crippen molar-refractivity contribution in [3.05, 3.63) is 16.1 Å². The standard InChI is InChI=1S/C11H17ClN2S/c12-8-10-9-15-11(13-10)4-7-14-5-2-1-3-6-14/h9H,1-8H2. The van der Waals surface area contributed by atoms with Crippen LogP contribution in [0.25, 0.3) is 0 Å². The zero-order valence-corrected chi connectivity index (χ0v) is 10.5. The lowest BCUT2D eigenvalue weighted by Gasteiger charge is -2.25. The molecule has 84 valence electrons. The zero-order chi connectivity index (χ0) is 10.5. The number of thiazole rings is 1. The van der Waals surface area contributed by atoms with Gasteiger partial charge in [-0.15, -0.1) is 22.9 Å². The first-order valence-corrected chi connectivity index (χ1v) is 7.01. The van der Waals surface area contributed by atoms with Gasteiger partial charge < -0.3 is 4.90 Å². The second kappa shape index (κ2) is 5.83. The van der Waals surface area contributed by atoms with Gasteiger partial charge in [0.1, 0.15) is 0 Å². The minimum Gasteiger partial charge on any atom is -0.303 e. The van der Waals surface area contributed by atoms with Gasteiger partial charge in [0.05, 0.1) is 16.6 Å². The summed E-state index contributed by atoms with van der Waals surface area (Å²) in [6.07, 6.45) is 5.22. The molecule has 0 aromatic carbocycles. The predicted molar refractivity (Wildman–Crippen MR) is 65.7 cm³/mol.